The fraction of sp³-hybridized carbons (Fsp3) is 0.500. The summed E-state index contributed by atoms with van der Waals surface area (Å²) in [6, 6.07) is 12.0. The Bertz CT molecular complexity index is 737. The van der Waals surface area contributed by atoms with Crippen molar-refractivity contribution in [3.63, 3.8) is 0 Å². The first-order chi connectivity index (χ1) is 11.6. The molecule has 2 saturated carbocycles. The first-order valence-corrected chi connectivity index (χ1v) is 9.05. The minimum Gasteiger partial charge on any atom is -0.348 e. The number of hydrogen-bond donors (Lipinski definition) is 1. The predicted molar refractivity (Wildman–Crippen MR) is 94.2 cm³/mol. The molecule has 4 rings (SSSR count). The van der Waals surface area contributed by atoms with E-state index in [4.69, 9.17) is 0 Å². The van der Waals surface area contributed by atoms with Crippen LogP contribution >= 0.6 is 0 Å². The van der Waals surface area contributed by atoms with Crippen molar-refractivity contribution in [1.82, 2.24) is 15.1 Å². The fourth-order valence-electron chi connectivity index (χ4n) is 4.71. The van der Waals surface area contributed by atoms with Crippen molar-refractivity contribution < 1.29 is 4.79 Å². The Kier molecular flexibility index (Phi) is 3.91. The minimum atomic E-state index is -0.0527. The van der Waals surface area contributed by atoms with Crippen molar-refractivity contribution in [3.05, 3.63) is 47.8 Å². The van der Waals surface area contributed by atoms with E-state index in [9.17, 15) is 4.79 Å². The number of carbonyl (C=O) groups excluding carboxylic acids is 1. The molecule has 2 fully saturated rings. The SMILES string of the molecule is Cc1cc(C(=O)N[C@@H](C)[C@H]2C[C@H]3CC[C@H]2C3)nn1-c1ccccc1. The van der Waals surface area contributed by atoms with E-state index in [1.54, 1.807) is 0 Å². The number of nitrogens with one attached hydrogen (secondary N) is 1. The molecule has 1 amide bonds. The molecule has 2 aliphatic carbocycles. The Balaban J connectivity index is 1.47. The monoisotopic (exact) mass is 323 g/mol. The van der Waals surface area contributed by atoms with Crippen LogP contribution in [-0.4, -0.2) is 21.7 Å². The Hall–Kier alpha value is -2.10. The zero-order valence-electron chi connectivity index (χ0n) is 14.4. The lowest BCUT2D eigenvalue weighted by Gasteiger charge is -2.28. The predicted octanol–water partition coefficient (Wildman–Crippen LogP) is 3.74. The van der Waals surface area contributed by atoms with Crippen LogP contribution in [0.3, 0.4) is 0 Å². The van der Waals surface area contributed by atoms with E-state index in [0.717, 1.165) is 23.2 Å². The summed E-state index contributed by atoms with van der Waals surface area (Å²) in [6.45, 7) is 4.14. The molecule has 0 radical (unpaired) electrons. The number of rotatable bonds is 4. The highest BCUT2D eigenvalue weighted by Gasteiger charge is 2.42. The summed E-state index contributed by atoms with van der Waals surface area (Å²) in [5.74, 6) is 2.31. The van der Waals surface area contributed by atoms with E-state index in [0.29, 0.717) is 11.6 Å². The maximum atomic E-state index is 12.6. The van der Waals surface area contributed by atoms with Crippen LogP contribution in [0.4, 0.5) is 0 Å². The first kappa shape index (κ1) is 15.4. The van der Waals surface area contributed by atoms with Crippen molar-refractivity contribution in [2.24, 2.45) is 17.8 Å². The highest BCUT2D eigenvalue weighted by atomic mass is 16.2. The summed E-state index contributed by atoms with van der Waals surface area (Å²) in [4.78, 5) is 12.6. The zero-order chi connectivity index (χ0) is 16.7. The Morgan fingerprint density at radius 2 is 2.04 bits per heavy atom. The van der Waals surface area contributed by atoms with Crippen LogP contribution in [0, 0.1) is 24.7 Å². The number of fused-ring (bicyclic) bond motifs is 2. The molecule has 1 heterocycles. The maximum Gasteiger partial charge on any atom is 0.272 e. The summed E-state index contributed by atoms with van der Waals surface area (Å²) in [5, 5.41) is 7.71. The van der Waals surface area contributed by atoms with Crippen LogP contribution < -0.4 is 5.32 Å². The number of nitrogens with zero attached hydrogens (tertiary/aromatic N) is 2. The lowest BCUT2D eigenvalue weighted by Crippen LogP contribution is -2.40. The van der Waals surface area contributed by atoms with Gasteiger partial charge in [-0.3, -0.25) is 4.79 Å². The minimum absolute atomic E-state index is 0.0527. The molecule has 1 N–H and O–H groups in total. The smallest absolute Gasteiger partial charge is 0.272 e. The number of benzene rings is 1. The van der Waals surface area contributed by atoms with Crippen LogP contribution in [0.25, 0.3) is 5.69 Å². The maximum absolute atomic E-state index is 12.6. The van der Waals surface area contributed by atoms with E-state index in [1.165, 1.54) is 25.7 Å². The molecule has 1 aromatic carbocycles. The Labute approximate surface area is 143 Å². The molecule has 0 aliphatic heterocycles. The molecule has 0 unspecified atom stereocenters. The molecule has 4 heteroatoms. The molecule has 0 saturated heterocycles. The van der Waals surface area contributed by atoms with Crippen LogP contribution in [0.5, 0.6) is 0 Å². The molecule has 4 atom stereocenters. The van der Waals surface area contributed by atoms with Gasteiger partial charge in [-0.15, -0.1) is 0 Å². The molecular formula is C20H25N3O. The molecule has 126 valence electrons. The molecule has 0 spiro atoms. The van der Waals surface area contributed by atoms with Crippen LogP contribution in [0.1, 0.15) is 48.8 Å². The van der Waals surface area contributed by atoms with Gasteiger partial charge in [0.1, 0.15) is 0 Å². The third-order valence-corrected chi connectivity index (χ3v) is 5.91. The normalized spacial score (nSPS) is 26.5. The number of para-hydroxylation sites is 1. The van der Waals surface area contributed by atoms with Crippen molar-refractivity contribution in [1.29, 1.82) is 0 Å². The first-order valence-electron chi connectivity index (χ1n) is 9.05. The Morgan fingerprint density at radius 1 is 1.25 bits per heavy atom. The van der Waals surface area contributed by atoms with E-state index >= 15 is 0 Å². The van der Waals surface area contributed by atoms with Gasteiger partial charge in [-0.2, -0.15) is 5.10 Å². The molecule has 4 nitrogen and oxygen atoms in total. The summed E-state index contributed by atoms with van der Waals surface area (Å²) in [6.07, 6.45) is 5.38. The third kappa shape index (κ3) is 2.74. The van der Waals surface area contributed by atoms with Crippen molar-refractivity contribution >= 4 is 5.91 Å². The second kappa shape index (κ2) is 6.08. The van der Waals surface area contributed by atoms with E-state index in [-0.39, 0.29) is 11.9 Å². The summed E-state index contributed by atoms with van der Waals surface area (Å²) >= 11 is 0. The Morgan fingerprint density at radius 3 is 2.71 bits per heavy atom. The van der Waals surface area contributed by atoms with Gasteiger partial charge in [0, 0.05) is 11.7 Å². The number of aryl methyl sites for hydroxylation is 1. The molecular weight excluding hydrogens is 298 g/mol. The highest BCUT2D eigenvalue weighted by molar-refractivity contribution is 5.92. The van der Waals surface area contributed by atoms with E-state index < -0.39 is 0 Å². The van der Waals surface area contributed by atoms with Gasteiger partial charge >= 0.3 is 0 Å². The van der Waals surface area contributed by atoms with Gasteiger partial charge in [-0.25, -0.2) is 4.68 Å². The molecule has 24 heavy (non-hydrogen) atoms. The van der Waals surface area contributed by atoms with Crippen molar-refractivity contribution in [2.75, 3.05) is 0 Å². The van der Waals surface area contributed by atoms with Gasteiger partial charge in [-0.1, -0.05) is 24.6 Å². The quantitative estimate of drug-likeness (QED) is 0.932. The van der Waals surface area contributed by atoms with Gasteiger partial charge in [-0.05, 0) is 69.1 Å². The molecule has 2 aliphatic rings. The van der Waals surface area contributed by atoms with E-state index in [2.05, 4.69) is 17.3 Å². The number of carbonyl (C=O) groups is 1. The van der Waals surface area contributed by atoms with Crippen LogP contribution in [0.15, 0.2) is 36.4 Å². The number of hydrogen-bond acceptors (Lipinski definition) is 2. The third-order valence-electron chi connectivity index (χ3n) is 5.91. The number of aromatic nitrogens is 2. The molecule has 2 aromatic rings. The second-order valence-corrected chi connectivity index (χ2v) is 7.52. The van der Waals surface area contributed by atoms with Crippen LogP contribution in [0.2, 0.25) is 0 Å². The van der Waals surface area contributed by atoms with Crippen molar-refractivity contribution in [2.45, 2.75) is 45.6 Å². The molecule has 1 aromatic heterocycles. The van der Waals surface area contributed by atoms with Crippen LogP contribution in [-0.2, 0) is 0 Å². The summed E-state index contributed by atoms with van der Waals surface area (Å²) < 4.78 is 1.83. The topological polar surface area (TPSA) is 46.9 Å². The molecule has 2 bridgehead atoms. The lowest BCUT2D eigenvalue weighted by atomic mass is 9.84. The fourth-order valence-corrected chi connectivity index (χ4v) is 4.71. The summed E-state index contributed by atoms with van der Waals surface area (Å²) in [5.41, 5.74) is 2.46. The largest absolute Gasteiger partial charge is 0.348 e. The zero-order valence-corrected chi connectivity index (χ0v) is 14.4. The average molecular weight is 323 g/mol. The number of amides is 1. The van der Waals surface area contributed by atoms with Gasteiger partial charge in [0.05, 0.1) is 5.69 Å². The van der Waals surface area contributed by atoms with Gasteiger partial charge in [0.25, 0.3) is 5.91 Å². The van der Waals surface area contributed by atoms with Gasteiger partial charge in [0.2, 0.25) is 0 Å². The summed E-state index contributed by atoms with van der Waals surface area (Å²) in [7, 11) is 0. The lowest BCUT2D eigenvalue weighted by molar-refractivity contribution is 0.0910. The van der Waals surface area contributed by atoms with Gasteiger partial charge < -0.3 is 5.32 Å². The average Bonchev–Trinajstić information content (AvgIpc) is 3.30. The van der Waals surface area contributed by atoms with E-state index in [1.807, 2.05) is 48.0 Å². The standard InChI is InChI=1S/C20H25N3O/c1-13-10-19(22-23(13)17-6-4-3-5-7-17)20(24)21-14(2)18-12-15-8-9-16(18)11-15/h3-7,10,14-16,18H,8-9,11-12H2,1-2H3,(H,21,24)/t14-,15-,16-,18+/m0/s1. The van der Waals surface area contributed by atoms with Crippen molar-refractivity contribution in [3.8, 4) is 5.69 Å². The van der Waals surface area contributed by atoms with Gasteiger partial charge in [0.15, 0.2) is 5.69 Å². The second-order valence-electron chi connectivity index (χ2n) is 7.52. The highest BCUT2D eigenvalue weighted by Crippen LogP contribution is 2.49.